The Labute approximate surface area is 186 Å². The third-order valence-corrected chi connectivity index (χ3v) is 5.11. The summed E-state index contributed by atoms with van der Waals surface area (Å²) in [6, 6.07) is 9.27. The van der Waals surface area contributed by atoms with Gasteiger partial charge in [-0.25, -0.2) is 9.18 Å². The van der Waals surface area contributed by atoms with E-state index in [-0.39, 0.29) is 13.0 Å². The van der Waals surface area contributed by atoms with Crippen molar-refractivity contribution in [3.05, 3.63) is 58.3 Å². The number of thiophene rings is 1. The van der Waals surface area contributed by atoms with Crippen LogP contribution in [0.5, 0.6) is 0 Å². The third-order valence-electron chi connectivity index (χ3n) is 4.21. The van der Waals surface area contributed by atoms with E-state index < -0.39 is 54.7 Å². The van der Waals surface area contributed by atoms with Crippen LogP contribution < -0.4 is 10.6 Å². The lowest BCUT2D eigenvalue weighted by Crippen LogP contribution is -2.54. The highest BCUT2D eigenvalue weighted by molar-refractivity contribution is 7.09. The highest BCUT2D eigenvalue weighted by atomic mass is 32.1. The molecule has 0 aliphatic carbocycles. The zero-order chi connectivity index (χ0) is 23.5. The molecule has 0 radical (unpaired) electrons. The summed E-state index contributed by atoms with van der Waals surface area (Å²) < 4.78 is 17.7. The summed E-state index contributed by atoms with van der Waals surface area (Å²) in [6.07, 6.45) is -1.80. The van der Waals surface area contributed by atoms with Crippen LogP contribution >= 0.6 is 11.3 Å². The van der Waals surface area contributed by atoms with E-state index in [2.05, 4.69) is 10.6 Å². The number of nitrogens with one attached hydrogen (secondary N) is 2. The second-order valence-corrected chi connectivity index (χ2v) is 7.65. The Morgan fingerprint density at radius 3 is 2.31 bits per heavy atom. The molecule has 1 aromatic carbocycles. The molecule has 0 saturated heterocycles. The summed E-state index contributed by atoms with van der Waals surface area (Å²) >= 11 is 1.31. The number of alkyl halides is 1. The first kappa shape index (κ1) is 24.7. The van der Waals surface area contributed by atoms with Crippen LogP contribution in [0.25, 0.3) is 0 Å². The van der Waals surface area contributed by atoms with E-state index in [0.717, 1.165) is 10.4 Å². The van der Waals surface area contributed by atoms with Crippen molar-refractivity contribution < 1.29 is 38.2 Å². The summed E-state index contributed by atoms with van der Waals surface area (Å²) in [6.45, 7) is -1.67. The number of carbonyl (C=O) groups is 5. The van der Waals surface area contributed by atoms with Gasteiger partial charge in [0.05, 0.1) is 6.42 Å². The van der Waals surface area contributed by atoms with Crippen molar-refractivity contribution in [1.82, 2.24) is 10.6 Å². The maximum atomic E-state index is 12.8. The number of alkyl carbamates (subject to hydrolysis) is 1. The molecule has 2 amide bonds. The largest absolute Gasteiger partial charge is 0.481 e. The van der Waals surface area contributed by atoms with Crippen molar-refractivity contribution in [3.63, 3.8) is 0 Å². The average Bonchev–Trinajstić information content (AvgIpc) is 3.29. The van der Waals surface area contributed by atoms with Crippen LogP contribution in [0.4, 0.5) is 9.18 Å². The van der Waals surface area contributed by atoms with Crippen molar-refractivity contribution >= 4 is 40.9 Å². The number of Topliss-reactive ketones (excluding diaryl/α,β-unsaturated/α-hetero) is 2. The normalized spacial score (nSPS) is 12.3. The molecule has 2 atom stereocenters. The summed E-state index contributed by atoms with van der Waals surface area (Å²) in [5.41, 5.74) is 0.721. The molecule has 170 valence electrons. The Balaban J connectivity index is 2.10. The number of halogens is 1. The summed E-state index contributed by atoms with van der Waals surface area (Å²) in [5.74, 6) is -5.21. The molecule has 2 unspecified atom stereocenters. The van der Waals surface area contributed by atoms with E-state index in [4.69, 9.17) is 9.84 Å². The molecular weight excluding hydrogens is 443 g/mol. The quantitative estimate of drug-likeness (QED) is 0.406. The number of carboxylic acids is 1. The highest BCUT2D eigenvalue weighted by Crippen LogP contribution is 2.12. The maximum absolute atomic E-state index is 12.8. The number of rotatable bonds is 12. The van der Waals surface area contributed by atoms with Gasteiger partial charge in [-0.1, -0.05) is 36.4 Å². The third kappa shape index (κ3) is 7.91. The van der Waals surface area contributed by atoms with Gasteiger partial charge in [-0.15, -0.1) is 11.3 Å². The number of aliphatic carboxylic acids is 1. The molecular formula is C21H21FN2O7S. The first-order chi connectivity index (χ1) is 15.3. The van der Waals surface area contributed by atoms with Crippen LogP contribution in [0, 0.1) is 0 Å². The van der Waals surface area contributed by atoms with E-state index in [1.54, 1.807) is 47.8 Å². The summed E-state index contributed by atoms with van der Waals surface area (Å²) in [5, 5.41) is 15.2. The van der Waals surface area contributed by atoms with Crippen LogP contribution in [-0.4, -0.2) is 53.4 Å². The van der Waals surface area contributed by atoms with Crippen LogP contribution in [0.1, 0.15) is 16.9 Å². The van der Waals surface area contributed by atoms with Crippen LogP contribution in [0.2, 0.25) is 0 Å². The Hall–Kier alpha value is -3.60. The zero-order valence-corrected chi connectivity index (χ0v) is 17.6. The SMILES string of the molecule is O=C(O)CC(NC(=O)C(Cc1cccs1)NC(=O)OCc1ccccc1)C(=O)C(=O)CF. The number of carboxylic acid groups (broad SMARTS) is 1. The van der Waals surface area contributed by atoms with Gasteiger partial charge in [0.2, 0.25) is 17.5 Å². The van der Waals surface area contributed by atoms with Gasteiger partial charge >= 0.3 is 12.1 Å². The fourth-order valence-electron chi connectivity index (χ4n) is 2.66. The molecule has 2 rings (SSSR count). The van der Waals surface area contributed by atoms with E-state index in [1.165, 1.54) is 11.3 Å². The number of ether oxygens (including phenoxy) is 1. The van der Waals surface area contributed by atoms with Crippen LogP contribution in [0.3, 0.4) is 0 Å². The van der Waals surface area contributed by atoms with E-state index >= 15 is 0 Å². The molecule has 0 fully saturated rings. The van der Waals surface area contributed by atoms with Gasteiger partial charge < -0.3 is 20.5 Å². The summed E-state index contributed by atoms with van der Waals surface area (Å²) in [4.78, 5) is 60.1. The molecule has 0 bridgehead atoms. The van der Waals surface area contributed by atoms with Gasteiger partial charge in [0.1, 0.15) is 18.7 Å². The van der Waals surface area contributed by atoms with E-state index in [0.29, 0.717) is 0 Å². The smallest absolute Gasteiger partial charge is 0.408 e. The first-order valence-corrected chi connectivity index (χ1v) is 10.3. The lowest BCUT2D eigenvalue weighted by atomic mass is 10.0. The monoisotopic (exact) mass is 464 g/mol. The minimum Gasteiger partial charge on any atom is -0.481 e. The fraction of sp³-hybridized carbons (Fsp3) is 0.286. The van der Waals surface area contributed by atoms with E-state index in [1.807, 2.05) is 0 Å². The molecule has 9 nitrogen and oxygen atoms in total. The van der Waals surface area contributed by atoms with Crippen molar-refractivity contribution in [3.8, 4) is 0 Å². The topological polar surface area (TPSA) is 139 Å². The van der Waals surface area contributed by atoms with Gasteiger partial charge in [-0.3, -0.25) is 19.2 Å². The number of ketones is 2. The Morgan fingerprint density at radius 2 is 1.72 bits per heavy atom. The van der Waals surface area contributed by atoms with Gasteiger partial charge in [-0.05, 0) is 17.0 Å². The average molecular weight is 464 g/mol. The van der Waals surface area contributed by atoms with Gasteiger partial charge in [0.25, 0.3) is 0 Å². The van der Waals surface area contributed by atoms with Gasteiger partial charge in [0.15, 0.2) is 6.67 Å². The predicted molar refractivity (Wildman–Crippen MR) is 112 cm³/mol. The second kappa shape index (κ2) is 12.3. The lowest BCUT2D eigenvalue weighted by molar-refractivity contribution is -0.143. The second-order valence-electron chi connectivity index (χ2n) is 6.62. The van der Waals surface area contributed by atoms with Crippen molar-refractivity contribution in [2.75, 3.05) is 6.67 Å². The van der Waals surface area contributed by atoms with Crippen molar-refractivity contribution in [2.24, 2.45) is 0 Å². The van der Waals surface area contributed by atoms with Crippen molar-refractivity contribution in [2.45, 2.75) is 31.5 Å². The highest BCUT2D eigenvalue weighted by Gasteiger charge is 2.32. The molecule has 3 N–H and O–H groups in total. The van der Waals surface area contributed by atoms with Crippen LogP contribution in [-0.2, 0) is 36.9 Å². The van der Waals surface area contributed by atoms with E-state index in [9.17, 15) is 28.4 Å². The lowest BCUT2D eigenvalue weighted by Gasteiger charge is -2.21. The Morgan fingerprint density at radius 1 is 1.00 bits per heavy atom. The Kier molecular flexibility index (Phi) is 9.48. The number of benzene rings is 1. The molecule has 0 spiro atoms. The minimum atomic E-state index is -1.77. The number of carbonyl (C=O) groups excluding carboxylic acids is 4. The molecule has 0 aliphatic heterocycles. The summed E-state index contributed by atoms with van der Waals surface area (Å²) in [7, 11) is 0. The number of amides is 2. The predicted octanol–water partition coefficient (Wildman–Crippen LogP) is 1.65. The molecule has 2 aromatic rings. The molecule has 11 heteroatoms. The standard InChI is InChI=1S/C21H21FN2O7S/c22-11-17(25)19(28)15(10-18(26)27)23-20(29)16(9-14-7-4-8-32-14)24-21(30)31-12-13-5-2-1-3-6-13/h1-8,15-16H,9-12H2,(H,23,29)(H,24,30)(H,26,27). The number of hydrogen-bond acceptors (Lipinski definition) is 7. The maximum Gasteiger partial charge on any atom is 0.408 e. The fourth-order valence-corrected chi connectivity index (χ4v) is 3.41. The van der Waals surface area contributed by atoms with Gasteiger partial charge in [-0.2, -0.15) is 0 Å². The molecule has 1 heterocycles. The van der Waals surface area contributed by atoms with Crippen molar-refractivity contribution in [1.29, 1.82) is 0 Å². The molecule has 0 aliphatic rings. The van der Waals surface area contributed by atoms with Crippen LogP contribution in [0.15, 0.2) is 47.8 Å². The Bertz CT molecular complexity index is 950. The molecule has 32 heavy (non-hydrogen) atoms. The first-order valence-electron chi connectivity index (χ1n) is 9.45. The zero-order valence-electron chi connectivity index (χ0n) is 16.8. The minimum absolute atomic E-state index is 0.0228. The number of hydrogen-bond donors (Lipinski definition) is 3. The molecule has 0 saturated carbocycles. The molecule has 1 aromatic heterocycles. The van der Waals surface area contributed by atoms with Gasteiger partial charge in [0, 0.05) is 11.3 Å².